The molecule has 222 valence electrons. The van der Waals surface area contributed by atoms with Crippen molar-refractivity contribution in [1.29, 1.82) is 0 Å². The zero-order valence-electron chi connectivity index (χ0n) is 24.4. The maximum absolute atomic E-state index is 16.8. The van der Waals surface area contributed by atoms with E-state index in [1.807, 2.05) is 50.7 Å². The molecule has 3 aromatic heterocycles. The molecule has 0 bridgehead atoms. The standard InChI is InChI=1S/C31H32ClFN8O2/c1-6-25(42)40-15-19(4)41(16-18(40)3)30-20-13-22(32)27(26-17(2)7-8-23-21(26)14-35-38-23)28(33)29(20)36-31(37-30)43-12-9-24-34-10-11-39(24)5/h6-8,10-11,13-14,18-19H,1,9,12,15-16H2,2-5H3,(H,35,38)/t18-,19+/m1/s1. The number of benzene rings is 2. The zero-order chi connectivity index (χ0) is 30.4. The van der Waals surface area contributed by atoms with E-state index >= 15 is 4.39 Å². The number of rotatable bonds is 7. The molecule has 5 aromatic rings. The molecule has 1 amide bonds. The van der Waals surface area contributed by atoms with Crippen LogP contribution in [0.25, 0.3) is 32.9 Å². The molecule has 1 fully saturated rings. The normalized spacial score (nSPS) is 17.2. The molecule has 0 saturated carbocycles. The Morgan fingerprint density at radius 3 is 2.77 bits per heavy atom. The van der Waals surface area contributed by atoms with Gasteiger partial charge >= 0.3 is 6.01 Å². The Kier molecular flexibility index (Phi) is 7.51. The number of carbonyl (C=O) groups excluding carboxylic acids is 1. The van der Waals surface area contributed by atoms with Gasteiger partial charge in [0.1, 0.15) is 17.2 Å². The molecule has 1 aliphatic rings. The summed E-state index contributed by atoms with van der Waals surface area (Å²) < 4.78 is 24.7. The van der Waals surface area contributed by atoms with Gasteiger partial charge in [-0.1, -0.05) is 24.2 Å². The van der Waals surface area contributed by atoms with Gasteiger partial charge < -0.3 is 19.1 Å². The molecule has 0 unspecified atom stereocenters. The maximum Gasteiger partial charge on any atom is 0.319 e. The Morgan fingerprint density at radius 2 is 2.02 bits per heavy atom. The van der Waals surface area contributed by atoms with Gasteiger partial charge in [0.15, 0.2) is 5.82 Å². The average molecular weight is 603 g/mol. The second kappa shape index (κ2) is 11.3. The average Bonchev–Trinajstić information content (AvgIpc) is 3.63. The van der Waals surface area contributed by atoms with E-state index in [1.165, 1.54) is 6.08 Å². The van der Waals surface area contributed by atoms with E-state index in [9.17, 15) is 4.79 Å². The third-order valence-corrected chi connectivity index (χ3v) is 8.42. The first-order chi connectivity index (χ1) is 20.7. The molecule has 43 heavy (non-hydrogen) atoms. The fraction of sp³-hybridized carbons (Fsp3) is 0.323. The SMILES string of the molecule is C=CC(=O)N1C[C@H](C)N(c2nc(OCCc3nccn3C)nc3c(F)c(-c4c(C)ccc5[nH]ncc45)c(Cl)cc23)C[C@H]1C. The summed E-state index contributed by atoms with van der Waals surface area (Å²) in [6.45, 7) is 10.7. The number of H-pyrrole nitrogens is 1. The van der Waals surface area contributed by atoms with E-state index in [0.29, 0.717) is 36.3 Å². The number of carbonyl (C=O) groups is 1. The van der Waals surface area contributed by atoms with E-state index < -0.39 is 5.82 Å². The van der Waals surface area contributed by atoms with Crippen LogP contribution in [0, 0.1) is 12.7 Å². The van der Waals surface area contributed by atoms with Crippen molar-refractivity contribution >= 4 is 45.1 Å². The van der Waals surface area contributed by atoms with Crippen LogP contribution in [0.4, 0.5) is 10.2 Å². The number of aromatic amines is 1. The van der Waals surface area contributed by atoms with Gasteiger partial charge in [-0.3, -0.25) is 9.89 Å². The van der Waals surface area contributed by atoms with E-state index in [0.717, 1.165) is 22.3 Å². The third kappa shape index (κ3) is 5.07. The van der Waals surface area contributed by atoms with Crippen LogP contribution >= 0.6 is 11.6 Å². The van der Waals surface area contributed by atoms with Crippen LogP contribution in [0.3, 0.4) is 0 Å². The number of nitrogens with one attached hydrogen (secondary N) is 1. The van der Waals surface area contributed by atoms with Crippen molar-refractivity contribution in [2.24, 2.45) is 7.05 Å². The smallest absolute Gasteiger partial charge is 0.319 e. The van der Waals surface area contributed by atoms with Crippen LogP contribution in [-0.4, -0.2) is 72.3 Å². The summed E-state index contributed by atoms with van der Waals surface area (Å²) in [5.74, 6) is 0.633. The highest BCUT2D eigenvalue weighted by atomic mass is 35.5. The molecular formula is C31H32ClFN8O2. The molecule has 0 aliphatic carbocycles. The largest absolute Gasteiger partial charge is 0.463 e. The van der Waals surface area contributed by atoms with Gasteiger partial charge in [-0.15, -0.1) is 0 Å². The summed E-state index contributed by atoms with van der Waals surface area (Å²) in [5.41, 5.74) is 2.60. The van der Waals surface area contributed by atoms with Crippen LogP contribution in [0.15, 0.2) is 49.4 Å². The first-order valence-electron chi connectivity index (χ1n) is 14.1. The predicted molar refractivity (Wildman–Crippen MR) is 165 cm³/mol. The maximum atomic E-state index is 16.8. The molecule has 10 nitrogen and oxygen atoms in total. The van der Waals surface area contributed by atoms with Crippen LogP contribution in [0.1, 0.15) is 25.2 Å². The molecule has 1 aliphatic heterocycles. The fourth-order valence-corrected chi connectivity index (χ4v) is 6.13. The van der Waals surface area contributed by atoms with E-state index in [2.05, 4.69) is 31.6 Å². The first kappa shape index (κ1) is 28.6. The van der Waals surface area contributed by atoms with Gasteiger partial charge in [0.2, 0.25) is 5.91 Å². The van der Waals surface area contributed by atoms with E-state index in [-0.39, 0.29) is 46.7 Å². The van der Waals surface area contributed by atoms with Gasteiger partial charge in [0, 0.05) is 72.9 Å². The fourth-order valence-electron chi connectivity index (χ4n) is 5.85. The lowest BCUT2D eigenvalue weighted by Crippen LogP contribution is -2.58. The van der Waals surface area contributed by atoms with Gasteiger partial charge in [-0.2, -0.15) is 15.1 Å². The Morgan fingerprint density at radius 1 is 1.21 bits per heavy atom. The number of anilines is 1. The number of halogens is 2. The molecule has 12 heteroatoms. The number of aryl methyl sites for hydroxylation is 2. The van der Waals surface area contributed by atoms with Crippen molar-refractivity contribution in [3.63, 3.8) is 0 Å². The number of imidazole rings is 1. The molecule has 1 N–H and O–H groups in total. The summed E-state index contributed by atoms with van der Waals surface area (Å²) in [6, 6.07) is 5.30. The molecule has 4 heterocycles. The summed E-state index contributed by atoms with van der Waals surface area (Å²) in [4.78, 5) is 30.0. The Hall–Kier alpha value is -4.51. The highest BCUT2D eigenvalue weighted by molar-refractivity contribution is 6.35. The Bertz CT molecular complexity index is 1870. The number of ether oxygens (including phenoxy) is 1. The van der Waals surface area contributed by atoms with Crippen molar-refractivity contribution in [3.05, 3.63) is 71.7 Å². The van der Waals surface area contributed by atoms with Gasteiger partial charge in [0.25, 0.3) is 0 Å². The Balaban J connectivity index is 1.49. The number of hydrogen-bond acceptors (Lipinski definition) is 7. The van der Waals surface area contributed by atoms with Gasteiger partial charge in [-0.25, -0.2) is 9.37 Å². The third-order valence-electron chi connectivity index (χ3n) is 8.12. The number of aromatic nitrogens is 6. The minimum Gasteiger partial charge on any atom is -0.463 e. The summed E-state index contributed by atoms with van der Waals surface area (Å²) in [6.07, 6.45) is 7.10. The lowest BCUT2D eigenvalue weighted by molar-refractivity contribution is -0.128. The molecular weight excluding hydrogens is 571 g/mol. The summed E-state index contributed by atoms with van der Waals surface area (Å²) >= 11 is 6.89. The van der Waals surface area contributed by atoms with Crippen molar-refractivity contribution in [2.45, 2.75) is 39.3 Å². The van der Waals surface area contributed by atoms with Gasteiger partial charge in [0.05, 0.1) is 23.3 Å². The molecule has 1 saturated heterocycles. The lowest BCUT2D eigenvalue weighted by Gasteiger charge is -2.44. The Labute approximate surface area is 253 Å². The van der Waals surface area contributed by atoms with E-state index in [1.54, 1.807) is 23.4 Å². The molecule has 2 atom stereocenters. The molecule has 0 radical (unpaired) electrons. The van der Waals surface area contributed by atoms with Crippen LogP contribution < -0.4 is 9.64 Å². The number of amides is 1. The van der Waals surface area contributed by atoms with Crippen molar-refractivity contribution in [2.75, 3.05) is 24.6 Å². The first-order valence-corrected chi connectivity index (χ1v) is 14.5. The van der Waals surface area contributed by atoms with Crippen LogP contribution in [0.2, 0.25) is 5.02 Å². The number of fused-ring (bicyclic) bond motifs is 2. The predicted octanol–water partition coefficient (Wildman–Crippen LogP) is 5.24. The van der Waals surface area contributed by atoms with Crippen molar-refractivity contribution in [3.8, 4) is 17.1 Å². The number of hydrogen-bond donors (Lipinski definition) is 1. The number of nitrogens with zero attached hydrogens (tertiary/aromatic N) is 7. The topological polar surface area (TPSA) is 105 Å². The molecule has 2 aromatic carbocycles. The monoisotopic (exact) mass is 602 g/mol. The lowest BCUT2D eigenvalue weighted by atomic mass is 9.95. The zero-order valence-corrected chi connectivity index (χ0v) is 25.2. The minimum atomic E-state index is -0.571. The quantitative estimate of drug-likeness (QED) is 0.254. The molecule has 0 spiro atoms. The summed E-state index contributed by atoms with van der Waals surface area (Å²) in [5, 5.41) is 8.55. The van der Waals surface area contributed by atoms with E-state index in [4.69, 9.17) is 21.3 Å². The van der Waals surface area contributed by atoms with Crippen molar-refractivity contribution < 1.29 is 13.9 Å². The molecule has 6 rings (SSSR count). The second-order valence-corrected chi connectivity index (χ2v) is 11.4. The van der Waals surface area contributed by atoms with Gasteiger partial charge in [-0.05, 0) is 44.5 Å². The summed E-state index contributed by atoms with van der Waals surface area (Å²) in [7, 11) is 1.91. The van der Waals surface area contributed by atoms with Crippen LogP contribution in [0.5, 0.6) is 6.01 Å². The highest BCUT2D eigenvalue weighted by Crippen LogP contribution is 2.42. The van der Waals surface area contributed by atoms with Crippen molar-refractivity contribution in [1.82, 2.24) is 34.6 Å². The second-order valence-electron chi connectivity index (χ2n) is 11.0. The van der Waals surface area contributed by atoms with Crippen LogP contribution in [-0.2, 0) is 18.3 Å². The highest BCUT2D eigenvalue weighted by Gasteiger charge is 2.34. The number of piperazine rings is 1. The minimum absolute atomic E-state index is 0.0478.